The Bertz CT molecular complexity index is 408. The SMILES string of the molecule is CCc1ccc(CC2CCCCC2CNC2CC2)nc1. The number of nitrogens with zero attached hydrogens (tertiary/aromatic N) is 1. The Morgan fingerprint density at radius 1 is 1.10 bits per heavy atom. The molecule has 2 fully saturated rings. The summed E-state index contributed by atoms with van der Waals surface area (Å²) >= 11 is 0. The summed E-state index contributed by atoms with van der Waals surface area (Å²) in [6, 6.07) is 5.35. The molecule has 2 nitrogen and oxygen atoms in total. The van der Waals surface area contributed by atoms with Crippen molar-refractivity contribution in [3.05, 3.63) is 29.6 Å². The first kappa shape index (κ1) is 14.1. The number of nitrogens with one attached hydrogen (secondary N) is 1. The summed E-state index contributed by atoms with van der Waals surface area (Å²) in [5.41, 5.74) is 2.65. The van der Waals surface area contributed by atoms with E-state index in [-0.39, 0.29) is 0 Å². The van der Waals surface area contributed by atoms with E-state index in [1.165, 1.54) is 62.7 Å². The van der Waals surface area contributed by atoms with Crippen LogP contribution in [0.3, 0.4) is 0 Å². The van der Waals surface area contributed by atoms with Gasteiger partial charge in [-0.05, 0) is 68.5 Å². The van der Waals surface area contributed by atoms with Crippen LogP contribution in [-0.4, -0.2) is 17.6 Å². The van der Waals surface area contributed by atoms with Crippen molar-refractivity contribution >= 4 is 0 Å². The molecule has 2 aliphatic carbocycles. The Hall–Kier alpha value is -0.890. The summed E-state index contributed by atoms with van der Waals surface area (Å²) in [7, 11) is 0. The zero-order chi connectivity index (χ0) is 13.8. The van der Waals surface area contributed by atoms with Crippen LogP contribution in [0.25, 0.3) is 0 Å². The van der Waals surface area contributed by atoms with Gasteiger partial charge in [-0.15, -0.1) is 0 Å². The number of hydrogen-bond donors (Lipinski definition) is 1. The van der Waals surface area contributed by atoms with E-state index in [2.05, 4.69) is 35.6 Å². The van der Waals surface area contributed by atoms with Crippen LogP contribution in [0, 0.1) is 11.8 Å². The Morgan fingerprint density at radius 2 is 1.90 bits per heavy atom. The molecule has 2 aliphatic rings. The number of hydrogen-bond acceptors (Lipinski definition) is 2. The minimum absolute atomic E-state index is 0.843. The predicted molar refractivity (Wildman–Crippen MR) is 83.8 cm³/mol. The van der Waals surface area contributed by atoms with Crippen LogP contribution >= 0.6 is 0 Å². The van der Waals surface area contributed by atoms with E-state index in [0.29, 0.717) is 0 Å². The molecule has 1 aromatic heterocycles. The maximum atomic E-state index is 4.67. The van der Waals surface area contributed by atoms with Crippen LogP contribution in [0.5, 0.6) is 0 Å². The van der Waals surface area contributed by atoms with Gasteiger partial charge in [0, 0.05) is 17.9 Å². The first-order chi connectivity index (χ1) is 9.85. The van der Waals surface area contributed by atoms with Gasteiger partial charge in [-0.3, -0.25) is 4.98 Å². The second-order valence-corrected chi connectivity index (χ2v) is 6.70. The highest BCUT2D eigenvalue weighted by molar-refractivity contribution is 5.14. The van der Waals surface area contributed by atoms with E-state index in [0.717, 1.165) is 24.3 Å². The van der Waals surface area contributed by atoms with Gasteiger partial charge in [0.1, 0.15) is 0 Å². The smallest absolute Gasteiger partial charge is 0.0406 e. The maximum absolute atomic E-state index is 4.67. The van der Waals surface area contributed by atoms with E-state index in [1.807, 2.05) is 0 Å². The summed E-state index contributed by atoms with van der Waals surface area (Å²) < 4.78 is 0. The monoisotopic (exact) mass is 272 g/mol. The standard InChI is InChI=1S/C18H28N2/c1-2-14-7-8-18(19-12-14)11-15-5-3-4-6-16(15)13-20-17-9-10-17/h7-8,12,15-17,20H,2-6,9-11,13H2,1H3. The van der Waals surface area contributed by atoms with E-state index >= 15 is 0 Å². The molecule has 2 heteroatoms. The molecule has 3 rings (SSSR count). The fourth-order valence-electron chi connectivity index (χ4n) is 3.48. The molecule has 0 aromatic carbocycles. The molecule has 2 saturated carbocycles. The zero-order valence-corrected chi connectivity index (χ0v) is 12.8. The quantitative estimate of drug-likeness (QED) is 0.853. The minimum atomic E-state index is 0.843. The number of rotatable bonds is 6. The molecule has 2 atom stereocenters. The first-order valence-electron chi connectivity index (χ1n) is 8.52. The molecular formula is C18H28N2. The summed E-state index contributed by atoms with van der Waals surface area (Å²) in [6.07, 6.45) is 12.8. The largest absolute Gasteiger partial charge is 0.314 e. The van der Waals surface area contributed by atoms with Gasteiger partial charge < -0.3 is 5.32 Å². The van der Waals surface area contributed by atoms with Crippen molar-refractivity contribution in [2.24, 2.45) is 11.8 Å². The van der Waals surface area contributed by atoms with Crippen molar-refractivity contribution in [1.82, 2.24) is 10.3 Å². The Morgan fingerprint density at radius 3 is 2.55 bits per heavy atom. The van der Waals surface area contributed by atoms with E-state index in [1.54, 1.807) is 0 Å². The molecule has 20 heavy (non-hydrogen) atoms. The Balaban J connectivity index is 1.56. The molecule has 1 N–H and O–H groups in total. The summed E-state index contributed by atoms with van der Waals surface area (Å²) in [4.78, 5) is 4.67. The average Bonchev–Trinajstić information content (AvgIpc) is 3.31. The molecule has 110 valence electrons. The molecule has 0 spiro atoms. The lowest BCUT2D eigenvalue weighted by Crippen LogP contribution is -2.32. The zero-order valence-electron chi connectivity index (χ0n) is 12.8. The van der Waals surface area contributed by atoms with Crippen molar-refractivity contribution < 1.29 is 0 Å². The van der Waals surface area contributed by atoms with Gasteiger partial charge in [0.25, 0.3) is 0 Å². The molecule has 0 aliphatic heterocycles. The third-order valence-electron chi connectivity index (χ3n) is 5.08. The van der Waals surface area contributed by atoms with Gasteiger partial charge in [0.2, 0.25) is 0 Å². The van der Waals surface area contributed by atoms with Crippen molar-refractivity contribution in [2.75, 3.05) is 6.54 Å². The Kier molecular flexibility index (Phi) is 4.72. The van der Waals surface area contributed by atoms with Crippen molar-refractivity contribution in [3.8, 4) is 0 Å². The molecule has 0 amide bonds. The fraction of sp³-hybridized carbons (Fsp3) is 0.722. The topological polar surface area (TPSA) is 24.9 Å². The van der Waals surface area contributed by atoms with Crippen LogP contribution in [-0.2, 0) is 12.8 Å². The van der Waals surface area contributed by atoms with Gasteiger partial charge in [-0.2, -0.15) is 0 Å². The molecule has 2 unspecified atom stereocenters. The van der Waals surface area contributed by atoms with Gasteiger partial charge in [-0.25, -0.2) is 0 Å². The van der Waals surface area contributed by atoms with E-state index < -0.39 is 0 Å². The molecule has 0 bridgehead atoms. The summed E-state index contributed by atoms with van der Waals surface area (Å²) in [5, 5.41) is 3.74. The van der Waals surface area contributed by atoms with Crippen molar-refractivity contribution in [1.29, 1.82) is 0 Å². The van der Waals surface area contributed by atoms with E-state index in [4.69, 9.17) is 0 Å². The third-order valence-corrected chi connectivity index (χ3v) is 5.08. The second-order valence-electron chi connectivity index (χ2n) is 6.70. The van der Waals surface area contributed by atoms with Crippen LogP contribution in [0.2, 0.25) is 0 Å². The highest BCUT2D eigenvalue weighted by Crippen LogP contribution is 2.32. The van der Waals surface area contributed by atoms with Crippen LogP contribution in [0.4, 0.5) is 0 Å². The van der Waals surface area contributed by atoms with Gasteiger partial charge in [0.05, 0.1) is 0 Å². The van der Waals surface area contributed by atoms with Crippen LogP contribution in [0.1, 0.15) is 56.7 Å². The van der Waals surface area contributed by atoms with Gasteiger partial charge in [-0.1, -0.05) is 25.8 Å². The first-order valence-corrected chi connectivity index (χ1v) is 8.52. The number of pyridine rings is 1. The molecular weight excluding hydrogens is 244 g/mol. The molecule has 1 heterocycles. The lowest BCUT2D eigenvalue weighted by molar-refractivity contribution is 0.226. The second kappa shape index (κ2) is 6.71. The lowest BCUT2D eigenvalue weighted by Gasteiger charge is -2.31. The maximum Gasteiger partial charge on any atom is 0.0406 e. The highest BCUT2D eigenvalue weighted by Gasteiger charge is 2.28. The molecule has 1 aromatic rings. The normalized spacial score (nSPS) is 26.6. The third kappa shape index (κ3) is 3.82. The number of aryl methyl sites for hydroxylation is 1. The average molecular weight is 272 g/mol. The van der Waals surface area contributed by atoms with Crippen LogP contribution in [0.15, 0.2) is 18.3 Å². The molecule has 0 radical (unpaired) electrons. The Labute approximate surface area is 123 Å². The highest BCUT2D eigenvalue weighted by atomic mass is 14.9. The lowest BCUT2D eigenvalue weighted by atomic mass is 9.76. The van der Waals surface area contributed by atoms with Crippen molar-refractivity contribution in [3.63, 3.8) is 0 Å². The van der Waals surface area contributed by atoms with Gasteiger partial charge >= 0.3 is 0 Å². The predicted octanol–water partition coefficient (Wildman–Crippen LogP) is 3.74. The van der Waals surface area contributed by atoms with E-state index in [9.17, 15) is 0 Å². The summed E-state index contributed by atoms with van der Waals surface area (Å²) in [5.74, 6) is 1.71. The van der Waals surface area contributed by atoms with Crippen molar-refractivity contribution in [2.45, 2.75) is 64.3 Å². The van der Waals surface area contributed by atoms with Gasteiger partial charge in [0.15, 0.2) is 0 Å². The molecule has 0 saturated heterocycles. The minimum Gasteiger partial charge on any atom is -0.314 e. The number of aromatic nitrogens is 1. The van der Waals surface area contributed by atoms with Crippen LogP contribution < -0.4 is 5.32 Å². The summed E-state index contributed by atoms with van der Waals surface area (Å²) in [6.45, 7) is 3.43. The fourth-order valence-corrected chi connectivity index (χ4v) is 3.48.